The smallest absolute Gasteiger partial charge is 0.261 e. The SMILES string of the molecule is Cn1ccnc1CC(CNC(=O)c1ccc(-n2ccccc2=O)cc1)NC(=O)c1ccc(Cl)s1. The van der Waals surface area contributed by atoms with Crippen molar-refractivity contribution >= 4 is 34.8 Å². The van der Waals surface area contributed by atoms with E-state index in [9.17, 15) is 14.4 Å². The van der Waals surface area contributed by atoms with Gasteiger partial charge >= 0.3 is 0 Å². The molecular formula is C24H22ClN5O3S. The van der Waals surface area contributed by atoms with Gasteiger partial charge in [-0.2, -0.15) is 0 Å². The molecule has 0 spiro atoms. The molecule has 174 valence electrons. The molecule has 10 heteroatoms. The van der Waals surface area contributed by atoms with Gasteiger partial charge in [-0.05, 0) is 42.5 Å². The molecule has 34 heavy (non-hydrogen) atoms. The number of carbonyl (C=O) groups is 2. The van der Waals surface area contributed by atoms with Crippen LogP contribution in [0.1, 0.15) is 25.9 Å². The first kappa shape index (κ1) is 23.5. The van der Waals surface area contributed by atoms with E-state index in [-0.39, 0.29) is 30.0 Å². The highest BCUT2D eigenvalue weighted by molar-refractivity contribution is 7.18. The Morgan fingerprint density at radius 2 is 1.85 bits per heavy atom. The molecule has 3 aromatic heterocycles. The van der Waals surface area contributed by atoms with Crippen LogP contribution in [0.3, 0.4) is 0 Å². The molecule has 0 radical (unpaired) electrons. The second-order valence-electron chi connectivity index (χ2n) is 7.60. The molecule has 1 atom stereocenters. The maximum Gasteiger partial charge on any atom is 0.261 e. The normalized spacial score (nSPS) is 11.7. The molecule has 0 saturated carbocycles. The Hall–Kier alpha value is -3.69. The third-order valence-electron chi connectivity index (χ3n) is 5.22. The third-order valence-corrected chi connectivity index (χ3v) is 6.45. The van der Waals surface area contributed by atoms with E-state index >= 15 is 0 Å². The number of halogens is 1. The number of thiophene rings is 1. The lowest BCUT2D eigenvalue weighted by Crippen LogP contribution is -2.45. The number of aryl methyl sites for hydroxylation is 1. The van der Waals surface area contributed by atoms with E-state index in [4.69, 9.17) is 11.6 Å². The van der Waals surface area contributed by atoms with E-state index in [0.29, 0.717) is 26.9 Å². The van der Waals surface area contributed by atoms with Crippen LogP contribution in [0.15, 0.2) is 78.0 Å². The maximum absolute atomic E-state index is 12.8. The first-order chi connectivity index (χ1) is 16.4. The molecule has 4 rings (SSSR count). The zero-order valence-electron chi connectivity index (χ0n) is 18.3. The average molecular weight is 496 g/mol. The summed E-state index contributed by atoms with van der Waals surface area (Å²) in [6.07, 6.45) is 5.62. The standard InChI is InChI=1S/C24H22ClN5O3S/c1-29-13-11-26-21(29)14-17(28-24(33)19-9-10-20(25)34-19)15-27-23(32)16-5-7-18(8-6-16)30-12-3-2-4-22(30)31/h2-13,17H,14-15H2,1H3,(H,27,32)(H,28,33). The summed E-state index contributed by atoms with van der Waals surface area (Å²) in [7, 11) is 1.87. The number of amides is 2. The van der Waals surface area contributed by atoms with Gasteiger partial charge in [0.25, 0.3) is 17.4 Å². The van der Waals surface area contributed by atoms with Crippen molar-refractivity contribution in [2.75, 3.05) is 6.54 Å². The number of hydrogen-bond donors (Lipinski definition) is 2. The molecule has 4 aromatic rings. The summed E-state index contributed by atoms with van der Waals surface area (Å²) in [4.78, 5) is 42.2. The number of imidazole rings is 1. The molecule has 1 unspecified atom stereocenters. The van der Waals surface area contributed by atoms with Crippen LogP contribution >= 0.6 is 22.9 Å². The van der Waals surface area contributed by atoms with Crippen molar-refractivity contribution < 1.29 is 9.59 Å². The lowest BCUT2D eigenvalue weighted by molar-refractivity contribution is 0.0910. The summed E-state index contributed by atoms with van der Waals surface area (Å²) in [6.45, 7) is 0.205. The fourth-order valence-corrected chi connectivity index (χ4v) is 4.36. The molecule has 0 aliphatic rings. The molecular weight excluding hydrogens is 474 g/mol. The molecule has 0 aliphatic heterocycles. The van der Waals surface area contributed by atoms with Gasteiger partial charge in [-0.25, -0.2) is 4.98 Å². The molecule has 3 heterocycles. The Balaban J connectivity index is 1.44. The number of benzene rings is 1. The summed E-state index contributed by atoms with van der Waals surface area (Å²) >= 11 is 7.15. The zero-order valence-corrected chi connectivity index (χ0v) is 19.8. The Labute approximate surface area is 204 Å². The van der Waals surface area contributed by atoms with Gasteiger partial charge < -0.3 is 15.2 Å². The van der Waals surface area contributed by atoms with E-state index in [1.54, 1.807) is 60.9 Å². The number of carbonyl (C=O) groups excluding carboxylic acids is 2. The highest BCUT2D eigenvalue weighted by atomic mass is 35.5. The average Bonchev–Trinajstić information content (AvgIpc) is 3.45. The zero-order chi connectivity index (χ0) is 24.1. The molecule has 8 nitrogen and oxygen atoms in total. The van der Waals surface area contributed by atoms with Crippen LogP contribution in [0.5, 0.6) is 0 Å². The van der Waals surface area contributed by atoms with Gasteiger partial charge in [0, 0.05) is 55.9 Å². The number of pyridine rings is 1. The van der Waals surface area contributed by atoms with Crippen LogP contribution in [-0.4, -0.2) is 38.5 Å². The van der Waals surface area contributed by atoms with Gasteiger partial charge in [0.15, 0.2) is 0 Å². The largest absolute Gasteiger partial charge is 0.350 e. The minimum Gasteiger partial charge on any atom is -0.350 e. The minimum absolute atomic E-state index is 0.153. The van der Waals surface area contributed by atoms with Gasteiger partial charge in [-0.1, -0.05) is 17.7 Å². The fraction of sp³-hybridized carbons (Fsp3) is 0.167. The van der Waals surface area contributed by atoms with E-state index < -0.39 is 0 Å². The Kier molecular flexibility index (Phi) is 7.24. The molecule has 1 aromatic carbocycles. The predicted octanol–water partition coefficient (Wildman–Crippen LogP) is 3.06. The number of nitrogens with zero attached hydrogens (tertiary/aromatic N) is 3. The van der Waals surface area contributed by atoms with Crippen LogP contribution < -0.4 is 16.2 Å². The van der Waals surface area contributed by atoms with Crippen molar-refractivity contribution in [2.45, 2.75) is 12.5 Å². The summed E-state index contributed by atoms with van der Waals surface area (Å²) in [5.41, 5.74) is 0.955. The first-order valence-corrected chi connectivity index (χ1v) is 11.7. The molecule has 2 N–H and O–H groups in total. The second-order valence-corrected chi connectivity index (χ2v) is 9.31. The Bertz CT molecular complexity index is 1360. The highest BCUT2D eigenvalue weighted by Crippen LogP contribution is 2.21. The van der Waals surface area contributed by atoms with E-state index in [1.807, 2.05) is 17.8 Å². The summed E-state index contributed by atoms with van der Waals surface area (Å²) < 4.78 is 3.89. The number of hydrogen-bond acceptors (Lipinski definition) is 5. The maximum atomic E-state index is 12.8. The number of nitrogens with one attached hydrogen (secondary N) is 2. The summed E-state index contributed by atoms with van der Waals surface area (Å²) in [6, 6.07) is 14.6. The van der Waals surface area contributed by atoms with Crippen LogP contribution in [0.25, 0.3) is 5.69 Å². The molecule has 0 saturated heterocycles. The fourth-order valence-electron chi connectivity index (χ4n) is 3.41. The van der Waals surface area contributed by atoms with Crippen molar-refractivity contribution in [3.8, 4) is 5.69 Å². The van der Waals surface area contributed by atoms with Crippen molar-refractivity contribution in [2.24, 2.45) is 7.05 Å². The minimum atomic E-state index is -0.388. The van der Waals surface area contributed by atoms with Gasteiger partial charge in [-0.15, -0.1) is 11.3 Å². The van der Waals surface area contributed by atoms with Crippen LogP contribution in [0.2, 0.25) is 4.34 Å². The van der Waals surface area contributed by atoms with Gasteiger partial charge in [0.1, 0.15) is 5.82 Å². The van der Waals surface area contributed by atoms with E-state index in [0.717, 1.165) is 5.82 Å². The van der Waals surface area contributed by atoms with Crippen molar-refractivity contribution in [1.29, 1.82) is 0 Å². The highest BCUT2D eigenvalue weighted by Gasteiger charge is 2.19. The lowest BCUT2D eigenvalue weighted by atomic mass is 10.1. The molecule has 0 bridgehead atoms. The Morgan fingerprint density at radius 1 is 1.06 bits per heavy atom. The van der Waals surface area contributed by atoms with Crippen LogP contribution in [0.4, 0.5) is 0 Å². The summed E-state index contributed by atoms with van der Waals surface area (Å²) in [5, 5.41) is 5.84. The number of aromatic nitrogens is 3. The van der Waals surface area contributed by atoms with E-state index in [2.05, 4.69) is 15.6 Å². The third kappa shape index (κ3) is 5.62. The van der Waals surface area contributed by atoms with Crippen molar-refractivity contribution in [3.63, 3.8) is 0 Å². The monoisotopic (exact) mass is 495 g/mol. The van der Waals surface area contributed by atoms with E-state index in [1.165, 1.54) is 22.0 Å². The van der Waals surface area contributed by atoms with Gasteiger partial charge in [-0.3, -0.25) is 19.0 Å². The molecule has 0 fully saturated rings. The molecule has 0 aliphatic carbocycles. The van der Waals surface area contributed by atoms with Crippen molar-refractivity contribution in [1.82, 2.24) is 24.8 Å². The topological polar surface area (TPSA) is 98.0 Å². The quantitative estimate of drug-likeness (QED) is 0.392. The summed E-state index contributed by atoms with van der Waals surface area (Å²) in [5.74, 6) is 0.231. The van der Waals surface area contributed by atoms with Crippen LogP contribution in [0, 0.1) is 0 Å². The van der Waals surface area contributed by atoms with Crippen molar-refractivity contribution in [3.05, 3.63) is 104 Å². The first-order valence-electron chi connectivity index (χ1n) is 10.5. The van der Waals surface area contributed by atoms with Gasteiger partial charge in [0.2, 0.25) is 0 Å². The Morgan fingerprint density at radius 3 is 2.50 bits per heavy atom. The number of rotatable bonds is 8. The molecule has 2 amide bonds. The predicted molar refractivity (Wildman–Crippen MR) is 132 cm³/mol. The second kappa shape index (κ2) is 10.5. The lowest BCUT2D eigenvalue weighted by Gasteiger charge is -2.19. The van der Waals surface area contributed by atoms with Gasteiger partial charge in [0.05, 0.1) is 15.3 Å². The van der Waals surface area contributed by atoms with Crippen LogP contribution in [-0.2, 0) is 13.5 Å².